The first-order chi connectivity index (χ1) is 6.63. The highest BCUT2D eigenvalue weighted by molar-refractivity contribution is 9.09. The highest BCUT2D eigenvalue weighted by Crippen LogP contribution is 2.24. The van der Waals surface area contributed by atoms with Gasteiger partial charge >= 0.3 is 0 Å². The van der Waals surface area contributed by atoms with Crippen molar-refractivity contribution in [1.82, 2.24) is 0 Å². The van der Waals surface area contributed by atoms with Crippen LogP contribution in [0.15, 0.2) is 18.2 Å². The zero-order valence-electron chi connectivity index (χ0n) is 8.06. The minimum absolute atomic E-state index is 0.594. The summed E-state index contributed by atoms with van der Waals surface area (Å²) >= 11 is 15.4. The molecule has 0 aromatic heterocycles. The van der Waals surface area contributed by atoms with Crippen molar-refractivity contribution >= 4 is 39.1 Å². The minimum atomic E-state index is 0.594. The Kier molecular flexibility index (Phi) is 5.29. The molecule has 0 saturated heterocycles. The lowest BCUT2D eigenvalue weighted by molar-refractivity contribution is 0.746. The van der Waals surface area contributed by atoms with E-state index < -0.39 is 0 Å². The number of halogens is 3. The molecule has 0 aliphatic carbocycles. The molecule has 0 spiro atoms. The molecule has 0 N–H and O–H groups in total. The zero-order valence-corrected chi connectivity index (χ0v) is 11.2. The van der Waals surface area contributed by atoms with Gasteiger partial charge in [0.05, 0.1) is 10.0 Å². The smallest absolute Gasteiger partial charge is 0.0595 e. The molecule has 3 heteroatoms. The Morgan fingerprint density at radius 2 is 2.00 bits per heavy atom. The SMILES string of the molecule is CCC(Br)CCc1ccc(Cl)c(Cl)c1. The molecule has 1 rings (SSSR count). The highest BCUT2D eigenvalue weighted by Gasteiger charge is 2.03. The van der Waals surface area contributed by atoms with E-state index in [9.17, 15) is 0 Å². The second-order valence-electron chi connectivity index (χ2n) is 3.29. The lowest BCUT2D eigenvalue weighted by Crippen LogP contribution is -1.97. The molecule has 1 unspecified atom stereocenters. The summed E-state index contributed by atoms with van der Waals surface area (Å²) in [5.41, 5.74) is 1.25. The van der Waals surface area contributed by atoms with Crippen molar-refractivity contribution in [2.24, 2.45) is 0 Å². The lowest BCUT2D eigenvalue weighted by Gasteiger charge is -2.07. The quantitative estimate of drug-likeness (QED) is 0.678. The normalized spacial score (nSPS) is 12.9. The molecule has 1 aromatic carbocycles. The molecule has 1 aromatic rings. The van der Waals surface area contributed by atoms with Gasteiger partial charge in [0.25, 0.3) is 0 Å². The molecule has 0 heterocycles. The number of hydrogen-bond donors (Lipinski definition) is 0. The Balaban J connectivity index is 2.55. The number of benzene rings is 1. The Hall–Kier alpha value is 0.280. The molecule has 78 valence electrons. The topological polar surface area (TPSA) is 0 Å². The van der Waals surface area contributed by atoms with Gasteiger partial charge in [0, 0.05) is 4.83 Å². The summed E-state index contributed by atoms with van der Waals surface area (Å²) in [6, 6.07) is 5.83. The van der Waals surface area contributed by atoms with Crippen molar-refractivity contribution in [3.8, 4) is 0 Å². The van der Waals surface area contributed by atoms with E-state index in [1.807, 2.05) is 18.2 Å². The van der Waals surface area contributed by atoms with Crippen LogP contribution in [0.3, 0.4) is 0 Å². The zero-order chi connectivity index (χ0) is 10.6. The second-order valence-corrected chi connectivity index (χ2v) is 5.40. The monoisotopic (exact) mass is 294 g/mol. The van der Waals surface area contributed by atoms with Crippen LogP contribution in [0.4, 0.5) is 0 Å². The first kappa shape index (κ1) is 12.4. The molecule has 0 aliphatic rings. The molecule has 0 aliphatic heterocycles. The number of hydrogen-bond acceptors (Lipinski definition) is 0. The van der Waals surface area contributed by atoms with E-state index in [0.29, 0.717) is 14.9 Å². The molecular formula is C11H13BrCl2. The van der Waals surface area contributed by atoms with Crippen LogP contribution < -0.4 is 0 Å². The largest absolute Gasteiger partial charge is 0.0891 e. The maximum absolute atomic E-state index is 5.92. The highest BCUT2D eigenvalue weighted by atomic mass is 79.9. The Labute approximate surface area is 104 Å². The summed E-state index contributed by atoms with van der Waals surface area (Å²) in [4.78, 5) is 0.594. The number of aryl methyl sites for hydroxylation is 1. The van der Waals surface area contributed by atoms with E-state index in [4.69, 9.17) is 23.2 Å². The van der Waals surface area contributed by atoms with Gasteiger partial charge in [0.15, 0.2) is 0 Å². The van der Waals surface area contributed by atoms with Crippen molar-refractivity contribution in [1.29, 1.82) is 0 Å². The third-order valence-electron chi connectivity index (χ3n) is 2.17. The fourth-order valence-corrected chi connectivity index (χ4v) is 1.77. The van der Waals surface area contributed by atoms with Crippen LogP contribution >= 0.6 is 39.1 Å². The van der Waals surface area contributed by atoms with Gasteiger partial charge < -0.3 is 0 Å². The van der Waals surface area contributed by atoms with Crippen molar-refractivity contribution in [3.05, 3.63) is 33.8 Å². The summed E-state index contributed by atoms with van der Waals surface area (Å²) in [5.74, 6) is 0. The van der Waals surface area contributed by atoms with Crippen LogP contribution in [0.5, 0.6) is 0 Å². The van der Waals surface area contributed by atoms with E-state index in [2.05, 4.69) is 22.9 Å². The number of alkyl halides is 1. The first-order valence-corrected chi connectivity index (χ1v) is 6.38. The predicted molar refractivity (Wildman–Crippen MR) is 67.8 cm³/mol. The van der Waals surface area contributed by atoms with E-state index >= 15 is 0 Å². The predicted octanol–water partition coefficient (Wildman–Crippen LogP) is 5.10. The first-order valence-electron chi connectivity index (χ1n) is 4.71. The van der Waals surface area contributed by atoms with Crippen LogP contribution in [-0.4, -0.2) is 4.83 Å². The van der Waals surface area contributed by atoms with Gasteiger partial charge in [-0.25, -0.2) is 0 Å². The Morgan fingerprint density at radius 3 is 2.57 bits per heavy atom. The average Bonchev–Trinajstić information content (AvgIpc) is 2.19. The van der Waals surface area contributed by atoms with Gasteiger partial charge in [0.2, 0.25) is 0 Å². The minimum Gasteiger partial charge on any atom is -0.0891 e. The average molecular weight is 296 g/mol. The van der Waals surface area contributed by atoms with Crippen molar-refractivity contribution < 1.29 is 0 Å². The van der Waals surface area contributed by atoms with Crippen LogP contribution in [0, 0.1) is 0 Å². The third kappa shape index (κ3) is 3.80. The summed E-state index contributed by atoms with van der Waals surface area (Å²) in [6.07, 6.45) is 3.33. The molecule has 1 atom stereocenters. The van der Waals surface area contributed by atoms with Gasteiger partial charge in [-0.3, -0.25) is 0 Å². The van der Waals surface area contributed by atoms with Gasteiger partial charge in [0.1, 0.15) is 0 Å². The fraction of sp³-hybridized carbons (Fsp3) is 0.455. The van der Waals surface area contributed by atoms with Crippen molar-refractivity contribution in [3.63, 3.8) is 0 Å². The van der Waals surface area contributed by atoms with E-state index in [1.165, 1.54) is 5.56 Å². The molecular weight excluding hydrogens is 283 g/mol. The second kappa shape index (κ2) is 5.99. The molecule has 0 saturated carbocycles. The van der Waals surface area contributed by atoms with E-state index in [-0.39, 0.29) is 0 Å². The summed E-state index contributed by atoms with van der Waals surface area (Å²) in [6.45, 7) is 2.17. The molecule has 0 radical (unpaired) electrons. The molecule has 0 nitrogen and oxygen atoms in total. The van der Waals surface area contributed by atoms with Crippen molar-refractivity contribution in [2.45, 2.75) is 31.0 Å². The summed E-state index contributed by atoms with van der Waals surface area (Å²) in [7, 11) is 0. The maximum atomic E-state index is 5.92. The lowest BCUT2D eigenvalue weighted by atomic mass is 10.1. The molecule has 0 amide bonds. The van der Waals surface area contributed by atoms with Gasteiger partial charge in [-0.1, -0.05) is 52.1 Å². The van der Waals surface area contributed by atoms with Crippen LogP contribution in [0.1, 0.15) is 25.3 Å². The van der Waals surface area contributed by atoms with Gasteiger partial charge in [-0.05, 0) is 37.0 Å². The standard InChI is InChI=1S/C11H13BrCl2/c1-2-9(12)5-3-8-4-6-10(13)11(14)7-8/h4,6-7,9H,2-3,5H2,1H3. The van der Waals surface area contributed by atoms with E-state index in [0.717, 1.165) is 19.3 Å². The summed E-state index contributed by atoms with van der Waals surface area (Å²) in [5, 5.41) is 1.27. The number of rotatable bonds is 4. The Bertz CT molecular complexity index is 299. The molecule has 0 bridgehead atoms. The van der Waals surface area contributed by atoms with Crippen LogP contribution in [0.2, 0.25) is 10.0 Å². The Morgan fingerprint density at radius 1 is 1.29 bits per heavy atom. The molecule has 14 heavy (non-hydrogen) atoms. The van der Waals surface area contributed by atoms with Crippen LogP contribution in [-0.2, 0) is 6.42 Å². The van der Waals surface area contributed by atoms with Gasteiger partial charge in [-0.15, -0.1) is 0 Å². The van der Waals surface area contributed by atoms with E-state index in [1.54, 1.807) is 0 Å². The van der Waals surface area contributed by atoms with Crippen LogP contribution in [0.25, 0.3) is 0 Å². The van der Waals surface area contributed by atoms with Crippen molar-refractivity contribution in [2.75, 3.05) is 0 Å². The fourth-order valence-electron chi connectivity index (χ4n) is 1.22. The maximum Gasteiger partial charge on any atom is 0.0595 e. The van der Waals surface area contributed by atoms with Gasteiger partial charge in [-0.2, -0.15) is 0 Å². The summed E-state index contributed by atoms with van der Waals surface area (Å²) < 4.78 is 0. The molecule has 0 fully saturated rings. The third-order valence-corrected chi connectivity index (χ3v) is 4.02.